The zero-order valence-corrected chi connectivity index (χ0v) is 18.6. The van der Waals surface area contributed by atoms with Crippen LogP contribution in [0.2, 0.25) is 0 Å². The van der Waals surface area contributed by atoms with Gasteiger partial charge in [-0.25, -0.2) is 18.9 Å². The Morgan fingerprint density at radius 3 is 2.48 bits per heavy atom. The van der Waals surface area contributed by atoms with E-state index in [4.69, 9.17) is 0 Å². The highest BCUT2D eigenvalue weighted by Crippen LogP contribution is 2.47. The summed E-state index contributed by atoms with van der Waals surface area (Å²) < 4.78 is 42.6. The number of hydrogen-bond donors (Lipinski definition) is 1. The van der Waals surface area contributed by atoms with Crippen LogP contribution in [0.15, 0.2) is 65.6 Å². The van der Waals surface area contributed by atoms with Crippen molar-refractivity contribution in [3.63, 3.8) is 0 Å². The number of H-pyrrole nitrogens is 1. The Labute approximate surface area is 188 Å². The van der Waals surface area contributed by atoms with E-state index in [2.05, 4.69) is 15.2 Å². The number of nitrogens with zero attached hydrogens (tertiary/aromatic N) is 3. The number of aromatic amines is 1. The molecule has 1 saturated heterocycles. The van der Waals surface area contributed by atoms with Gasteiger partial charge in [-0.3, -0.25) is 4.79 Å². The van der Waals surface area contributed by atoms with Crippen LogP contribution in [0.3, 0.4) is 0 Å². The molecule has 9 heteroatoms. The smallest absolute Gasteiger partial charge is 0.272 e. The van der Waals surface area contributed by atoms with E-state index in [1.807, 2.05) is 12.1 Å². The first kappa shape index (κ1) is 21.5. The lowest BCUT2D eigenvalue weighted by molar-refractivity contribution is 0.567. The molecule has 2 aromatic heterocycles. The Hall–Kier alpha value is -3.38. The summed E-state index contributed by atoms with van der Waals surface area (Å²) in [4.78, 5) is 17.9. The first-order chi connectivity index (χ1) is 15.9. The van der Waals surface area contributed by atoms with Crippen molar-refractivity contribution in [3.05, 3.63) is 94.0 Å². The second-order valence-electron chi connectivity index (χ2n) is 8.14. The third-order valence-corrected chi connectivity index (χ3v) is 9.16. The molecule has 0 aliphatic carbocycles. The molecule has 4 aromatic rings. The average Bonchev–Trinajstić information content (AvgIpc) is 2.83. The summed E-state index contributed by atoms with van der Waals surface area (Å²) in [6.07, 6.45) is 2.35. The number of halogens is 2. The van der Waals surface area contributed by atoms with Crippen LogP contribution in [-0.4, -0.2) is 40.6 Å². The lowest BCUT2D eigenvalue weighted by Gasteiger charge is -2.33. The lowest BCUT2D eigenvalue weighted by atomic mass is 10.0. The molecule has 33 heavy (non-hydrogen) atoms. The average molecular weight is 466 g/mol. The van der Waals surface area contributed by atoms with Crippen LogP contribution in [0.1, 0.15) is 11.3 Å². The fourth-order valence-electron chi connectivity index (χ4n) is 4.33. The fraction of sp³-hybridized carbons (Fsp3) is 0.208. The molecule has 1 fully saturated rings. The minimum Gasteiger partial charge on any atom is -0.353 e. The molecular formula is C24H21F2N4O2P. The predicted molar refractivity (Wildman–Crippen MR) is 125 cm³/mol. The van der Waals surface area contributed by atoms with Crippen molar-refractivity contribution in [3.8, 4) is 0 Å². The van der Waals surface area contributed by atoms with Gasteiger partial charge < -0.3 is 9.46 Å². The maximum atomic E-state index is 14.8. The number of benzene rings is 2. The van der Waals surface area contributed by atoms with Gasteiger partial charge in [-0.1, -0.05) is 24.3 Å². The first-order valence-electron chi connectivity index (χ1n) is 10.6. The van der Waals surface area contributed by atoms with E-state index in [1.54, 1.807) is 29.2 Å². The van der Waals surface area contributed by atoms with Gasteiger partial charge in [0.15, 0.2) is 11.6 Å². The normalized spacial score (nSPS) is 15.6. The number of aromatic nitrogens is 3. The number of nitrogens with one attached hydrogen (secondary N) is 1. The van der Waals surface area contributed by atoms with E-state index in [0.29, 0.717) is 30.6 Å². The zero-order chi connectivity index (χ0) is 23.0. The molecule has 0 amide bonds. The molecular weight excluding hydrogens is 445 g/mol. The molecule has 1 aliphatic rings. The number of fused-ring (bicyclic) bond motifs is 1. The van der Waals surface area contributed by atoms with Crippen molar-refractivity contribution < 1.29 is 13.3 Å². The van der Waals surface area contributed by atoms with E-state index >= 15 is 0 Å². The molecule has 6 nitrogen and oxygen atoms in total. The minimum atomic E-state index is -3.01. The van der Waals surface area contributed by atoms with E-state index in [1.165, 1.54) is 24.4 Å². The van der Waals surface area contributed by atoms with Crippen molar-refractivity contribution in [1.29, 1.82) is 0 Å². The number of anilines is 1. The van der Waals surface area contributed by atoms with Crippen LogP contribution >= 0.6 is 7.14 Å². The Balaban J connectivity index is 1.42. The van der Waals surface area contributed by atoms with Crippen LogP contribution in [0.5, 0.6) is 0 Å². The molecule has 2 aromatic carbocycles. The second-order valence-corrected chi connectivity index (χ2v) is 11.3. The van der Waals surface area contributed by atoms with Crippen molar-refractivity contribution in [2.75, 3.05) is 30.3 Å². The molecule has 3 heterocycles. The molecule has 0 spiro atoms. The van der Waals surface area contributed by atoms with Gasteiger partial charge in [0.2, 0.25) is 0 Å². The summed E-state index contributed by atoms with van der Waals surface area (Å²) in [7, 11) is -3.01. The summed E-state index contributed by atoms with van der Waals surface area (Å²) >= 11 is 0. The van der Waals surface area contributed by atoms with Crippen LogP contribution in [-0.2, 0) is 11.0 Å². The maximum Gasteiger partial charge on any atom is 0.272 e. The standard InChI is InChI=1S/C24H21F2N4O2P/c25-19-8-7-16(14-21-17-4-1-2-5-18(17)24(31)29-28-21)15-22(19)33(32)12-10-30(11-13-33)23-20(26)6-3-9-27-23/h1-9,15H,10-14H2,(H,29,31). The van der Waals surface area contributed by atoms with Crippen LogP contribution < -0.4 is 15.8 Å². The van der Waals surface area contributed by atoms with Gasteiger partial charge in [-0.2, -0.15) is 5.10 Å². The number of hydrogen-bond acceptors (Lipinski definition) is 5. The third-order valence-electron chi connectivity index (χ3n) is 6.10. The fourth-order valence-corrected chi connectivity index (χ4v) is 7.03. The summed E-state index contributed by atoms with van der Waals surface area (Å²) in [5.41, 5.74) is 1.14. The molecule has 5 rings (SSSR count). The van der Waals surface area contributed by atoms with Gasteiger partial charge in [-0.15, -0.1) is 0 Å². The van der Waals surface area contributed by atoms with Gasteiger partial charge in [0.1, 0.15) is 13.0 Å². The lowest BCUT2D eigenvalue weighted by Crippen LogP contribution is -2.38. The topological polar surface area (TPSA) is 79.0 Å². The summed E-state index contributed by atoms with van der Waals surface area (Å²) in [5.74, 6) is -0.698. The highest BCUT2D eigenvalue weighted by molar-refractivity contribution is 7.71. The molecule has 0 bridgehead atoms. The molecule has 0 unspecified atom stereocenters. The van der Waals surface area contributed by atoms with Gasteiger partial charge in [-0.05, 0) is 35.9 Å². The molecule has 1 N–H and O–H groups in total. The van der Waals surface area contributed by atoms with Crippen molar-refractivity contribution in [2.45, 2.75) is 6.42 Å². The number of rotatable bonds is 4. The van der Waals surface area contributed by atoms with E-state index in [0.717, 1.165) is 10.9 Å². The number of pyridine rings is 1. The summed E-state index contributed by atoms with van der Waals surface area (Å²) in [6.45, 7) is 0.669. The van der Waals surface area contributed by atoms with Gasteiger partial charge in [0.25, 0.3) is 5.56 Å². The Bertz CT molecular complexity index is 1440. The highest BCUT2D eigenvalue weighted by atomic mass is 31.2. The maximum absolute atomic E-state index is 14.8. The summed E-state index contributed by atoms with van der Waals surface area (Å²) in [5, 5.41) is 8.17. The van der Waals surface area contributed by atoms with E-state index in [9.17, 15) is 18.1 Å². The molecule has 0 atom stereocenters. The quantitative estimate of drug-likeness (QED) is 0.464. The molecule has 1 aliphatic heterocycles. The Morgan fingerprint density at radius 2 is 1.73 bits per heavy atom. The Kier molecular flexibility index (Phi) is 5.54. The molecule has 0 radical (unpaired) electrons. The minimum absolute atomic E-state index is 0.217. The van der Waals surface area contributed by atoms with Crippen LogP contribution in [0.25, 0.3) is 10.8 Å². The van der Waals surface area contributed by atoms with E-state index in [-0.39, 0.29) is 29.0 Å². The van der Waals surface area contributed by atoms with Gasteiger partial charge in [0, 0.05) is 48.7 Å². The zero-order valence-electron chi connectivity index (χ0n) is 17.7. The van der Waals surface area contributed by atoms with E-state index < -0.39 is 18.8 Å². The summed E-state index contributed by atoms with van der Waals surface area (Å²) in [6, 6.07) is 14.7. The molecule has 168 valence electrons. The van der Waals surface area contributed by atoms with Crippen LogP contribution in [0, 0.1) is 11.6 Å². The van der Waals surface area contributed by atoms with Crippen molar-refractivity contribution in [1.82, 2.24) is 15.2 Å². The SMILES string of the molecule is O=c1[nH]nc(Cc2ccc(F)c(P3(=O)CCN(c4ncccc4F)CC3)c2)c2ccccc12. The highest BCUT2D eigenvalue weighted by Gasteiger charge is 2.34. The third kappa shape index (κ3) is 4.07. The van der Waals surface area contributed by atoms with Gasteiger partial charge >= 0.3 is 0 Å². The largest absolute Gasteiger partial charge is 0.353 e. The predicted octanol–water partition coefficient (Wildman–Crippen LogP) is 3.70. The van der Waals surface area contributed by atoms with Crippen molar-refractivity contribution >= 4 is 29.0 Å². The first-order valence-corrected chi connectivity index (χ1v) is 12.7. The molecule has 0 saturated carbocycles. The van der Waals surface area contributed by atoms with Crippen molar-refractivity contribution in [2.24, 2.45) is 0 Å². The monoisotopic (exact) mass is 466 g/mol. The Morgan fingerprint density at radius 1 is 0.970 bits per heavy atom. The van der Waals surface area contributed by atoms with Crippen LogP contribution in [0.4, 0.5) is 14.6 Å². The second kappa shape index (κ2) is 8.52. The van der Waals surface area contributed by atoms with Gasteiger partial charge in [0.05, 0.1) is 11.1 Å².